The lowest BCUT2D eigenvalue weighted by molar-refractivity contribution is 0.0673. The third-order valence-corrected chi connectivity index (χ3v) is 7.85. The minimum Gasteiger partial charge on any atom is -0.207 e. The fourth-order valence-electron chi connectivity index (χ4n) is 3.05. The summed E-state index contributed by atoms with van der Waals surface area (Å²) in [5.41, 5.74) is 0. The van der Waals surface area contributed by atoms with E-state index in [2.05, 4.69) is 52.5 Å². The molecule has 0 saturated heterocycles. The number of hydrogen-bond acceptors (Lipinski definition) is 2. The maximum atomic E-state index is 13.4. The summed E-state index contributed by atoms with van der Waals surface area (Å²) in [5, 5.41) is 0. The molecule has 0 radical (unpaired) electrons. The van der Waals surface area contributed by atoms with Crippen molar-refractivity contribution in [2.75, 3.05) is 0 Å². The molecule has 1 N–H and O–H groups in total. The van der Waals surface area contributed by atoms with Gasteiger partial charge in [0.1, 0.15) is 4.90 Å². The van der Waals surface area contributed by atoms with Crippen molar-refractivity contribution in [2.24, 2.45) is 11.8 Å². The van der Waals surface area contributed by atoms with Crippen LogP contribution in [0.15, 0.2) is 30.4 Å². The predicted molar refractivity (Wildman–Crippen MR) is 84.8 cm³/mol. The van der Waals surface area contributed by atoms with Crippen LogP contribution in [0, 0.1) is 11.8 Å². The summed E-state index contributed by atoms with van der Waals surface area (Å²) < 4.78 is 55.7. The Morgan fingerprint density at radius 1 is 1.14 bits per heavy atom. The molecule has 0 spiro atoms. The van der Waals surface area contributed by atoms with Gasteiger partial charge in [-0.15, -0.1) is 0 Å². The fraction of sp³-hybridized carbons (Fsp3) is 0.500. The molecule has 116 valence electrons. The van der Waals surface area contributed by atoms with Crippen molar-refractivity contribution in [3.63, 3.8) is 0 Å². The summed E-state index contributed by atoms with van der Waals surface area (Å²) in [7, 11) is -3.88. The number of nitrogens with one attached hydrogen (secondary N) is 1. The number of alkyl halides is 2. The quantitative estimate of drug-likeness (QED) is 0.660. The SMILES string of the molecule is O=S(=O)(NC1CCC2C1C2(F)F)c1c(Br)cc(Br)cc1Br. The Hall–Kier alpha value is 0.430. The van der Waals surface area contributed by atoms with Crippen molar-refractivity contribution in [1.82, 2.24) is 4.72 Å². The van der Waals surface area contributed by atoms with Crippen molar-refractivity contribution >= 4 is 57.8 Å². The van der Waals surface area contributed by atoms with E-state index < -0.39 is 33.8 Å². The highest BCUT2D eigenvalue weighted by Gasteiger charge is 2.73. The number of halogens is 5. The van der Waals surface area contributed by atoms with Crippen LogP contribution in [0.25, 0.3) is 0 Å². The Balaban J connectivity index is 1.89. The zero-order valence-corrected chi connectivity index (χ0v) is 16.0. The Morgan fingerprint density at radius 3 is 2.19 bits per heavy atom. The summed E-state index contributed by atoms with van der Waals surface area (Å²) in [6, 6.07) is 2.50. The average molecular weight is 510 g/mol. The van der Waals surface area contributed by atoms with E-state index in [0.717, 1.165) is 0 Å². The second-order valence-electron chi connectivity index (χ2n) is 5.31. The molecule has 2 fully saturated rings. The fourth-order valence-corrected chi connectivity index (χ4v) is 8.00. The molecule has 1 aromatic carbocycles. The lowest BCUT2D eigenvalue weighted by atomic mass is 10.2. The van der Waals surface area contributed by atoms with Crippen molar-refractivity contribution in [3.05, 3.63) is 25.6 Å². The topological polar surface area (TPSA) is 46.2 Å². The molecule has 3 atom stereocenters. The van der Waals surface area contributed by atoms with Gasteiger partial charge in [-0.25, -0.2) is 21.9 Å². The van der Waals surface area contributed by atoms with Crippen molar-refractivity contribution < 1.29 is 17.2 Å². The van der Waals surface area contributed by atoms with E-state index in [1.807, 2.05) is 0 Å². The molecular weight excluding hydrogens is 500 g/mol. The molecule has 0 bridgehead atoms. The molecule has 21 heavy (non-hydrogen) atoms. The predicted octanol–water partition coefficient (Wildman–Crippen LogP) is 4.30. The van der Waals surface area contributed by atoms with Gasteiger partial charge in [-0.3, -0.25) is 0 Å². The highest BCUT2D eigenvalue weighted by molar-refractivity contribution is 9.11. The summed E-state index contributed by atoms with van der Waals surface area (Å²) in [6.45, 7) is 0. The minimum absolute atomic E-state index is 0.0260. The van der Waals surface area contributed by atoms with Gasteiger partial charge in [0.05, 0.1) is 0 Å². The third-order valence-electron chi connectivity index (χ3n) is 4.02. The van der Waals surface area contributed by atoms with Crippen molar-refractivity contribution in [2.45, 2.75) is 29.7 Å². The molecule has 2 aliphatic carbocycles. The second-order valence-corrected chi connectivity index (χ2v) is 9.59. The normalized spacial score (nSPS) is 30.2. The van der Waals surface area contributed by atoms with E-state index in [1.54, 1.807) is 12.1 Å². The van der Waals surface area contributed by atoms with Gasteiger partial charge in [-0.1, -0.05) is 15.9 Å². The first-order valence-corrected chi connectivity index (χ1v) is 10.1. The molecule has 9 heteroatoms. The summed E-state index contributed by atoms with van der Waals surface area (Å²) in [5.74, 6) is -4.25. The van der Waals surface area contributed by atoms with Crippen LogP contribution in [0.2, 0.25) is 0 Å². The van der Waals surface area contributed by atoms with Crippen molar-refractivity contribution in [3.8, 4) is 0 Å². The molecule has 1 aromatic rings. The van der Waals surface area contributed by atoms with Gasteiger partial charge < -0.3 is 0 Å². The lowest BCUT2D eigenvalue weighted by Gasteiger charge is -2.18. The maximum Gasteiger partial charge on any atom is 0.256 e. The van der Waals surface area contributed by atoms with Crippen LogP contribution in [0.4, 0.5) is 8.78 Å². The zero-order chi connectivity index (χ0) is 15.6. The monoisotopic (exact) mass is 507 g/mol. The first-order valence-electron chi connectivity index (χ1n) is 6.19. The van der Waals surface area contributed by atoms with Gasteiger partial charge in [0.25, 0.3) is 5.92 Å². The van der Waals surface area contributed by atoms with E-state index in [0.29, 0.717) is 26.3 Å². The lowest BCUT2D eigenvalue weighted by Crippen LogP contribution is -2.37. The Kier molecular flexibility index (Phi) is 4.05. The number of sulfonamides is 1. The van der Waals surface area contributed by atoms with Gasteiger partial charge >= 0.3 is 0 Å². The highest BCUT2D eigenvalue weighted by Crippen LogP contribution is 2.64. The number of rotatable bonds is 3. The van der Waals surface area contributed by atoms with Crippen molar-refractivity contribution in [1.29, 1.82) is 0 Å². The first kappa shape index (κ1) is 16.3. The Morgan fingerprint density at radius 2 is 1.71 bits per heavy atom. The minimum atomic E-state index is -3.88. The van der Waals surface area contributed by atoms with E-state index >= 15 is 0 Å². The van der Waals surface area contributed by atoms with Crippen LogP contribution in [0.1, 0.15) is 12.8 Å². The molecular formula is C12H10Br3F2NO2S. The maximum absolute atomic E-state index is 13.4. The standard InChI is InChI=1S/C12H10Br3F2NO2S/c13-5-3-7(14)11(8(15)4-5)21(19,20)18-9-2-1-6-10(9)12(6,16)17/h3-4,6,9-10,18H,1-2H2. The number of hydrogen-bond donors (Lipinski definition) is 1. The third kappa shape index (κ3) is 2.73. The molecule has 3 unspecified atom stereocenters. The highest BCUT2D eigenvalue weighted by atomic mass is 79.9. The first-order chi connectivity index (χ1) is 9.64. The smallest absolute Gasteiger partial charge is 0.207 e. The van der Waals surface area contributed by atoms with E-state index in [4.69, 9.17) is 0 Å². The molecule has 2 aliphatic rings. The summed E-state index contributed by atoms with van der Waals surface area (Å²) >= 11 is 9.67. The van der Waals surface area contributed by atoms with Gasteiger partial charge in [0.2, 0.25) is 10.0 Å². The van der Waals surface area contributed by atoms with Crippen LogP contribution >= 0.6 is 47.8 Å². The molecule has 3 rings (SSSR count). The average Bonchev–Trinajstić information content (AvgIpc) is 2.64. The molecule has 3 nitrogen and oxygen atoms in total. The van der Waals surface area contributed by atoms with Crippen LogP contribution < -0.4 is 4.72 Å². The van der Waals surface area contributed by atoms with Gasteiger partial charge in [0, 0.05) is 31.3 Å². The van der Waals surface area contributed by atoms with Crippen LogP contribution in [-0.2, 0) is 10.0 Å². The summed E-state index contributed by atoms with van der Waals surface area (Å²) in [6.07, 6.45) is 0.823. The van der Waals surface area contributed by atoms with Crippen LogP contribution in [0.3, 0.4) is 0 Å². The van der Waals surface area contributed by atoms with Gasteiger partial charge in [0.15, 0.2) is 0 Å². The summed E-state index contributed by atoms with van der Waals surface area (Å²) in [4.78, 5) is 0.0260. The molecule has 0 aliphatic heterocycles. The van der Waals surface area contributed by atoms with Gasteiger partial charge in [-0.05, 0) is 56.8 Å². The molecule has 0 aromatic heterocycles. The Labute approximate surface area is 146 Å². The van der Waals surface area contributed by atoms with Crippen LogP contribution in [0.5, 0.6) is 0 Å². The van der Waals surface area contributed by atoms with E-state index in [1.165, 1.54) is 0 Å². The zero-order valence-electron chi connectivity index (χ0n) is 10.4. The van der Waals surface area contributed by atoms with Gasteiger partial charge in [-0.2, -0.15) is 0 Å². The molecule has 0 heterocycles. The molecule has 0 amide bonds. The Bertz CT molecular complexity index is 687. The largest absolute Gasteiger partial charge is 0.256 e. The van der Waals surface area contributed by atoms with E-state index in [-0.39, 0.29) is 4.90 Å². The van der Waals surface area contributed by atoms with Crippen LogP contribution in [-0.4, -0.2) is 20.4 Å². The van der Waals surface area contributed by atoms with E-state index in [9.17, 15) is 17.2 Å². The second kappa shape index (κ2) is 5.22. The number of benzene rings is 1. The molecule has 2 saturated carbocycles. The number of fused-ring (bicyclic) bond motifs is 1.